The van der Waals surface area contributed by atoms with Crippen molar-refractivity contribution in [2.24, 2.45) is 0 Å². The van der Waals surface area contributed by atoms with E-state index in [0.29, 0.717) is 29.2 Å². The van der Waals surface area contributed by atoms with Crippen LogP contribution in [0.3, 0.4) is 0 Å². The van der Waals surface area contributed by atoms with Crippen LogP contribution < -0.4 is 15.4 Å². The van der Waals surface area contributed by atoms with E-state index in [9.17, 15) is 14.0 Å². The molecule has 0 spiro atoms. The monoisotopic (exact) mass is 435 g/mol. The normalized spacial score (nSPS) is 11.7. The third kappa shape index (κ3) is 5.92. The van der Waals surface area contributed by atoms with Gasteiger partial charge in [0.05, 0.1) is 18.8 Å². The molecule has 7 heteroatoms. The Labute approximate surface area is 187 Å². The number of methoxy groups -OCH3 is 1. The van der Waals surface area contributed by atoms with Crippen molar-refractivity contribution in [3.63, 3.8) is 0 Å². The lowest BCUT2D eigenvalue weighted by atomic mass is 10.1. The fourth-order valence-corrected chi connectivity index (χ4v) is 3.11. The summed E-state index contributed by atoms with van der Waals surface area (Å²) in [5.74, 6) is -0.175. The summed E-state index contributed by atoms with van der Waals surface area (Å²) in [6.07, 6.45) is 0. The Bertz CT molecular complexity index is 1070. The van der Waals surface area contributed by atoms with Gasteiger partial charge in [0, 0.05) is 17.8 Å². The van der Waals surface area contributed by atoms with Crippen LogP contribution in [0.25, 0.3) is 0 Å². The average molecular weight is 435 g/mol. The number of likely N-dealkylation sites (N-methyl/N-ethyl adjacent to an activating group) is 1. The number of amides is 2. The molecule has 3 aromatic carbocycles. The Morgan fingerprint density at radius 3 is 2.28 bits per heavy atom. The maximum atomic E-state index is 13.1. The Morgan fingerprint density at radius 2 is 1.62 bits per heavy atom. The van der Waals surface area contributed by atoms with Crippen LogP contribution in [0.2, 0.25) is 0 Å². The molecule has 3 rings (SSSR count). The Morgan fingerprint density at radius 1 is 0.969 bits per heavy atom. The molecule has 32 heavy (non-hydrogen) atoms. The number of anilines is 2. The van der Waals surface area contributed by atoms with Crippen LogP contribution in [-0.4, -0.2) is 36.9 Å². The molecule has 0 saturated carbocycles. The lowest BCUT2D eigenvalue weighted by molar-refractivity contribution is -0.120. The molecular weight excluding hydrogens is 409 g/mol. The number of benzene rings is 3. The average Bonchev–Trinajstić information content (AvgIpc) is 2.80. The number of hydrogen-bond acceptors (Lipinski definition) is 4. The van der Waals surface area contributed by atoms with Gasteiger partial charge in [-0.3, -0.25) is 14.5 Å². The molecule has 0 radical (unpaired) electrons. The third-order valence-electron chi connectivity index (χ3n) is 5.16. The smallest absolute Gasteiger partial charge is 0.255 e. The highest BCUT2D eigenvalue weighted by Gasteiger charge is 2.18. The van der Waals surface area contributed by atoms with Crippen LogP contribution in [0.1, 0.15) is 22.8 Å². The maximum absolute atomic E-state index is 13.1. The van der Waals surface area contributed by atoms with Crippen molar-refractivity contribution in [3.8, 4) is 5.75 Å². The third-order valence-corrected chi connectivity index (χ3v) is 5.16. The zero-order valence-corrected chi connectivity index (χ0v) is 18.3. The van der Waals surface area contributed by atoms with E-state index in [1.165, 1.54) is 12.1 Å². The molecule has 0 aliphatic carbocycles. The van der Waals surface area contributed by atoms with Gasteiger partial charge in [-0.25, -0.2) is 4.39 Å². The second-order valence-electron chi connectivity index (χ2n) is 7.44. The van der Waals surface area contributed by atoms with Crippen molar-refractivity contribution in [1.82, 2.24) is 4.90 Å². The van der Waals surface area contributed by atoms with Crippen molar-refractivity contribution >= 4 is 23.2 Å². The van der Waals surface area contributed by atoms with E-state index >= 15 is 0 Å². The van der Waals surface area contributed by atoms with Crippen LogP contribution in [0.4, 0.5) is 15.8 Å². The first-order chi connectivity index (χ1) is 15.4. The lowest BCUT2D eigenvalue weighted by Crippen LogP contribution is -2.39. The molecule has 0 aliphatic heterocycles. The Balaban J connectivity index is 1.57. The minimum atomic E-state index is -0.409. The van der Waals surface area contributed by atoms with Gasteiger partial charge in [-0.15, -0.1) is 0 Å². The highest BCUT2D eigenvalue weighted by atomic mass is 19.1. The number of ether oxygens (including phenoxy) is 1. The second kappa shape index (κ2) is 10.5. The largest absolute Gasteiger partial charge is 0.495 e. The van der Waals surface area contributed by atoms with Crippen molar-refractivity contribution in [2.75, 3.05) is 24.8 Å². The van der Waals surface area contributed by atoms with E-state index in [4.69, 9.17) is 4.74 Å². The molecular formula is C25H26FN3O3. The number of carbonyl (C=O) groups is 2. The quantitative estimate of drug-likeness (QED) is 0.545. The van der Waals surface area contributed by atoms with E-state index in [0.717, 1.165) is 5.56 Å². The molecule has 1 unspecified atom stereocenters. The fraction of sp³-hybridized carbons (Fsp3) is 0.200. The summed E-state index contributed by atoms with van der Waals surface area (Å²) in [5, 5.41) is 5.68. The number of para-hydroxylation sites is 2. The second-order valence-corrected chi connectivity index (χ2v) is 7.44. The molecule has 166 valence electrons. The number of nitrogens with zero attached hydrogens (tertiary/aromatic N) is 1. The molecule has 0 bridgehead atoms. The summed E-state index contributed by atoms with van der Waals surface area (Å²) < 4.78 is 18.3. The predicted molar refractivity (Wildman–Crippen MR) is 123 cm³/mol. The SMILES string of the molecule is COc1ccccc1NC(=O)c1ccc(NC(=O)C(C)N(C)Cc2ccc(F)cc2)cc1. The van der Waals surface area contributed by atoms with Gasteiger partial charge in [-0.1, -0.05) is 24.3 Å². The van der Waals surface area contributed by atoms with Crippen LogP contribution in [0.5, 0.6) is 5.75 Å². The first kappa shape index (κ1) is 23.0. The summed E-state index contributed by atoms with van der Waals surface area (Å²) in [4.78, 5) is 27.0. The molecule has 1 atom stereocenters. The molecule has 2 N–H and O–H groups in total. The number of rotatable bonds is 8. The molecule has 6 nitrogen and oxygen atoms in total. The molecule has 0 heterocycles. The first-order valence-corrected chi connectivity index (χ1v) is 10.2. The fourth-order valence-electron chi connectivity index (χ4n) is 3.11. The summed E-state index contributed by atoms with van der Waals surface area (Å²) in [5.41, 5.74) is 2.54. The molecule has 0 saturated heterocycles. The van der Waals surface area contributed by atoms with E-state index in [1.54, 1.807) is 62.6 Å². The summed E-state index contributed by atoms with van der Waals surface area (Å²) in [6, 6.07) is 19.6. The number of halogens is 1. The van der Waals surface area contributed by atoms with E-state index in [2.05, 4.69) is 10.6 Å². The number of hydrogen-bond donors (Lipinski definition) is 2. The van der Waals surface area contributed by atoms with Gasteiger partial charge in [-0.05, 0) is 68.1 Å². The predicted octanol–water partition coefficient (Wildman–Crippen LogP) is 4.55. The van der Waals surface area contributed by atoms with Crippen LogP contribution in [0.15, 0.2) is 72.8 Å². The molecule has 0 aromatic heterocycles. The zero-order chi connectivity index (χ0) is 23.1. The zero-order valence-electron chi connectivity index (χ0n) is 18.3. The highest BCUT2D eigenvalue weighted by Crippen LogP contribution is 2.24. The topological polar surface area (TPSA) is 70.7 Å². The van der Waals surface area contributed by atoms with Crippen LogP contribution in [-0.2, 0) is 11.3 Å². The van der Waals surface area contributed by atoms with Gasteiger partial charge in [0.15, 0.2) is 0 Å². The first-order valence-electron chi connectivity index (χ1n) is 10.2. The summed E-state index contributed by atoms with van der Waals surface area (Å²) in [6.45, 7) is 2.31. The van der Waals surface area contributed by atoms with E-state index in [-0.39, 0.29) is 17.6 Å². The number of nitrogens with one attached hydrogen (secondary N) is 2. The van der Waals surface area contributed by atoms with Crippen molar-refractivity contribution in [3.05, 3.63) is 89.7 Å². The van der Waals surface area contributed by atoms with E-state index < -0.39 is 6.04 Å². The van der Waals surface area contributed by atoms with Gasteiger partial charge < -0.3 is 15.4 Å². The van der Waals surface area contributed by atoms with Gasteiger partial charge in [0.1, 0.15) is 11.6 Å². The molecule has 0 aliphatic rings. The van der Waals surface area contributed by atoms with Crippen molar-refractivity contribution in [1.29, 1.82) is 0 Å². The van der Waals surface area contributed by atoms with Gasteiger partial charge in [0.25, 0.3) is 5.91 Å². The lowest BCUT2D eigenvalue weighted by Gasteiger charge is -2.24. The van der Waals surface area contributed by atoms with Crippen molar-refractivity contribution in [2.45, 2.75) is 19.5 Å². The Hall–Kier alpha value is -3.71. The maximum Gasteiger partial charge on any atom is 0.255 e. The summed E-state index contributed by atoms with van der Waals surface area (Å²) >= 11 is 0. The van der Waals surface area contributed by atoms with Gasteiger partial charge in [0.2, 0.25) is 5.91 Å². The molecule has 2 amide bonds. The van der Waals surface area contributed by atoms with Crippen molar-refractivity contribution < 1.29 is 18.7 Å². The van der Waals surface area contributed by atoms with Crippen LogP contribution >= 0.6 is 0 Å². The molecule has 3 aromatic rings. The highest BCUT2D eigenvalue weighted by molar-refractivity contribution is 6.05. The minimum absolute atomic E-state index is 0.180. The van der Waals surface area contributed by atoms with Crippen LogP contribution in [0, 0.1) is 5.82 Å². The molecule has 0 fully saturated rings. The summed E-state index contributed by atoms with van der Waals surface area (Å²) in [7, 11) is 3.37. The Kier molecular flexibility index (Phi) is 7.57. The van der Waals surface area contributed by atoms with E-state index in [1.807, 2.05) is 24.1 Å². The number of carbonyl (C=O) groups excluding carboxylic acids is 2. The van der Waals surface area contributed by atoms with Gasteiger partial charge in [-0.2, -0.15) is 0 Å². The van der Waals surface area contributed by atoms with Gasteiger partial charge >= 0.3 is 0 Å². The minimum Gasteiger partial charge on any atom is -0.495 e. The standard InChI is InChI=1S/C25H26FN3O3/c1-17(29(2)16-18-8-12-20(26)13-9-18)24(30)27-21-14-10-19(11-15-21)25(31)28-22-6-4-5-7-23(22)32-3/h4-15,17H,16H2,1-3H3,(H,27,30)(H,28,31).